The molecule has 0 saturated heterocycles. The quantitative estimate of drug-likeness (QED) is 0.870. The van der Waals surface area contributed by atoms with Crippen molar-refractivity contribution in [1.82, 2.24) is 10.2 Å². The molecule has 0 radical (unpaired) electrons. The van der Waals surface area contributed by atoms with Crippen LogP contribution < -0.4 is 10.1 Å². The third-order valence-corrected chi connectivity index (χ3v) is 3.83. The molecule has 0 aliphatic rings. The number of nitrogens with zero attached hydrogens (tertiary/aromatic N) is 2. The molecule has 2 aromatic carbocycles. The largest absolute Gasteiger partial charge is 0.494 e. The van der Waals surface area contributed by atoms with Crippen molar-refractivity contribution in [3.05, 3.63) is 65.2 Å². The molecule has 0 unspecified atom stereocenters. The molecular formula is C20H23N3O2. The Morgan fingerprint density at radius 2 is 2.04 bits per heavy atom. The molecule has 0 aromatic heterocycles. The zero-order valence-electron chi connectivity index (χ0n) is 14.8. The lowest BCUT2D eigenvalue weighted by atomic mass is 10.1. The van der Waals surface area contributed by atoms with Crippen molar-refractivity contribution < 1.29 is 9.53 Å². The topological polar surface area (TPSA) is 65.4 Å². The maximum absolute atomic E-state index is 12.4. The standard InChI is InChI=1S/C20H23N3O2/c1-4-25-19-10-6-9-18(12-19)15(2)22-20(24)23(3)14-17-8-5-7-16(11-17)13-21/h5-12,15H,4,14H2,1-3H3,(H,22,24)/t15-/m0/s1. The third kappa shape index (κ3) is 5.25. The summed E-state index contributed by atoms with van der Waals surface area (Å²) in [5, 5.41) is 11.9. The minimum absolute atomic E-state index is 0.138. The number of amides is 2. The van der Waals surface area contributed by atoms with Gasteiger partial charge in [-0.3, -0.25) is 0 Å². The van der Waals surface area contributed by atoms with Gasteiger partial charge in [-0.05, 0) is 49.2 Å². The SMILES string of the molecule is CCOc1cccc([C@H](C)NC(=O)N(C)Cc2cccc(C#N)c2)c1. The normalized spacial score (nSPS) is 11.3. The highest BCUT2D eigenvalue weighted by Gasteiger charge is 2.14. The van der Waals surface area contributed by atoms with Gasteiger partial charge in [-0.1, -0.05) is 24.3 Å². The van der Waals surface area contributed by atoms with Crippen LogP contribution in [0.5, 0.6) is 5.75 Å². The van der Waals surface area contributed by atoms with E-state index >= 15 is 0 Å². The first-order chi connectivity index (χ1) is 12.0. The summed E-state index contributed by atoms with van der Waals surface area (Å²) in [6.07, 6.45) is 0. The second-order valence-electron chi connectivity index (χ2n) is 5.84. The van der Waals surface area contributed by atoms with E-state index in [1.54, 1.807) is 24.1 Å². The number of benzene rings is 2. The maximum atomic E-state index is 12.4. The van der Waals surface area contributed by atoms with Crippen molar-refractivity contribution in [3.8, 4) is 11.8 Å². The molecule has 1 N–H and O–H groups in total. The summed E-state index contributed by atoms with van der Waals surface area (Å²) in [4.78, 5) is 14.0. The molecule has 25 heavy (non-hydrogen) atoms. The van der Waals surface area contributed by atoms with E-state index in [0.717, 1.165) is 16.9 Å². The Balaban J connectivity index is 1.98. The van der Waals surface area contributed by atoms with Gasteiger partial charge in [0.05, 0.1) is 24.3 Å². The van der Waals surface area contributed by atoms with Crippen LogP contribution in [0.4, 0.5) is 4.79 Å². The molecule has 0 bridgehead atoms. The summed E-state index contributed by atoms with van der Waals surface area (Å²) in [5.74, 6) is 0.794. The van der Waals surface area contributed by atoms with E-state index in [0.29, 0.717) is 18.7 Å². The molecule has 5 heteroatoms. The van der Waals surface area contributed by atoms with Crippen LogP contribution in [0, 0.1) is 11.3 Å². The van der Waals surface area contributed by atoms with Crippen molar-refractivity contribution in [2.75, 3.05) is 13.7 Å². The van der Waals surface area contributed by atoms with Crippen LogP contribution in [0.25, 0.3) is 0 Å². The number of rotatable bonds is 6. The van der Waals surface area contributed by atoms with Gasteiger partial charge in [0.15, 0.2) is 0 Å². The molecule has 2 amide bonds. The van der Waals surface area contributed by atoms with Gasteiger partial charge >= 0.3 is 6.03 Å². The predicted octanol–water partition coefficient (Wildman–Crippen LogP) is 3.86. The van der Waals surface area contributed by atoms with E-state index in [1.807, 2.05) is 50.2 Å². The Kier molecular flexibility index (Phi) is 6.41. The van der Waals surface area contributed by atoms with E-state index in [4.69, 9.17) is 10.00 Å². The zero-order valence-corrected chi connectivity index (χ0v) is 14.8. The minimum atomic E-state index is -0.170. The number of hydrogen-bond acceptors (Lipinski definition) is 3. The van der Waals surface area contributed by atoms with Crippen LogP contribution >= 0.6 is 0 Å². The molecule has 2 rings (SSSR count). The van der Waals surface area contributed by atoms with Gasteiger partial charge in [0.25, 0.3) is 0 Å². The molecule has 130 valence electrons. The number of nitrogens with one attached hydrogen (secondary N) is 1. The predicted molar refractivity (Wildman–Crippen MR) is 97.2 cm³/mol. The number of hydrogen-bond donors (Lipinski definition) is 1. The zero-order chi connectivity index (χ0) is 18.2. The van der Waals surface area contributed by atoms with Crippen molar-refractivity contribution >= 4 is 6.03 Å². The van der Waals surface area contributed by atoms with Crippen molar-refractivity contribution in [2.45, 2.75) is 26.4 Å². The fraction of sp³-hybridized carbons (Fsp3) is 0.300. The fourth-order valence-electron chi connectivity index (χ4n) is 2.50. The number of carbonyl (C=O) groups is 1. The summed E-state index contributed by atoms with van der Waals surface area (Å²) >= 11 is 0. The van der Waals surface area contributed by atoms with Crippen LogP contribution in [0.3, 0.4) is 0 Å². The highest BCUT2D eigenvalue weighted by atomic mass is 16.5. The lowest BCUT2D eigenvalue weighted by molar-refractivity contribution is 0.203. The Morgan fingerprint density at radius 3 is 2.76 bits per heavy atom. The lowest BCUT2D eigenvalue weighted by Crippen LogP contribution is -2.38. The van der Waals surface area contributed by atoms with Gasteiger partial charge in [0.2, 0.25) is 0 Å². The average molecular weight is 337 g/mol. The van der Waals surface area contributed by atoms with Crippen molar-refractivity contribution in [2.24, 2.45) is 0 Å². The van der Waals surface area contributed by atoms with Crippen molar-refractivity contribution in [3.63, 3.8) is 0 Å². The van der Waals surface area contributed by atoms with Gasteiger partial charge in [-0.2, -0.15) is 5.26 Å². The summed E-state index contributed by atoms with van der Waals surface area (Å²) < 4.78 is 5.50. The van der Waals surface area contributed by atoms with Gasteiger partial charge in [-0.25, -0.2) is 4.79 Å². The maximum Gasteiger partial charge on any atom is 0.317 e. The third-order valence-electron chi connectivity index (χ3n) is 3.83. The molecule has 0 spiro atoms. The lowest BCUT2D eigenvalue weighted by Gasteiger charge is -2.22. The number of carbonyl (C=O) groups excluding carboxylic acids is 1. The van der Waals surface area contributed by atoms with Gasteiger partial charge in [0.1, 0.15) is 5.75 Å². The Labute approximate surface area is 148 Å². The first kappa shape index (κ1) is 18.3. The summed E-state index contributed by atoms with van der Waals surface area (Å²) in [6.45, 7) is 4.92. The van der Waals surface area contributed by atoms with Crippen LogP contribution in [0.2, 0.25) is 0 Å². The highest BCUT2D eigenvalue weighted by molar-refractivity contribution is 5.74. The van der Waals surface area contributed by atoms with E-state index in [2.05, 4.69) is 11.4 Å². The molecule has 0 aliphatic heterocycles. The summed E-state index contributed by atoms with van der Waals surface area (Å²) in [5.41, 5.74) is 2.49. The van der Waals surface area contributed by atoms with Gasteiger partial charge in [-0.15, -0.1) is 0 Å². The van der Waals surface area contributed by atoms with Gasteiger partial charge in [0, 0.05) is 13.6 Å². The highest BCUT2D eigenvalue weighted by Crippen LogP contribution is 2.19. The Morgan fingerprint density at radius 1 is 1.28 bits per heavy atom. The first-order valence-corrected chi connectivity index (χ1v) is 8.27. The van der Waals surface area contributed by atoms with Crippen molar-refractivity contribution in [1.29, 1.82) is 5.26 Å². The molecule has 0 saturated carbocycles. The molecule has 1 atom stereocenters. The minimum Gasteiger partial charge on any atom is -0.494 e. The Hall–Kier alpha value is -3.00. The summed E-state index contributed by atoms with van der Waals surface area (Å²) in [7, 11) is 1.73. The van der Waals surface area contributed by atoms with Crippen LogP contribution in [-0.2, 0) is 6.54 Å². The molecule has 0 heterocycles. The number of ether oxygens (including phenoxy) is 1. The average Bonchev–Trinajstić information content (AvgIpc) is 2.62. The molecule has 5 nitrogen and oxygen atoms in total. The van der Waals surface area contributed by atoms with E-state index in [1.165, 1.54) is 0 Å². The van der Waals surface area contributed by atoms with Gasteiger partial charge < -0.3 is 15.0 Å². The molecular weight excluding hydrogens is 314 g/mol. The Bertz CT molecular complexity index is 768. The monoisotopic (exact) mass is 337 g/mol. The molecule has 0 fully saturated rings. The van der Waals surface area contributed by atoms with Crippen LogP contribution in [0.15, 0.2) is 48.5 Å². The number of urea groups is 1. The van der Waals surface area contributed by atoms with E-state index in [9.17, 15) is 4.79 Å². The first-order valence-electron chi connectivity index (χ1n) is 8.27. The summed E-state index contributed by atoms with van der Waals surface area (Å²) in [6, 6.07) is 16.8. The number of nitriles is 1. The molecule has 0 aliphatic carbocycles. The molecule has 2 aromatic rings. The second kappa shape index (κ2) is 8.74. The van der Waals surface area contributed by atoms with E-state index in [-0.39, 0.29) is 12.1 Å². The van der Waals surface area contributed by atoms with E-state index < -0.39 is 0 Å². The van der Waals surface area contributed by atoms with Crippen LogP contribution in [-0.4, -0.2) is 24.6 Å². The fourth-order valence-corrected chi connectivity index (χ4v) is 2.50. The van der Waals surface area contributed by atoms with Crippen LogP contribution in [0.1, 0.15) is 36.6 Å². The smallest absolute Gasteiger partial charge is 0.317 e. The second-order valence-corrected chi connectivity index (χ2v) is 5.84.